The summed E-state index contributed by atoms with van der Waals surface area (Å²) in [4.78, 5) is 10.4. The van der Waals surface area contributed by atoms with Crippen molar-refractivity contribution >= 4 is 12.3 Å². The number of rotatable bonds is 5. The molecule has 0 saturated carbocycles. The highest BCUT2D eigenvalue weighted by molar-refractivity contribution is 5.47. The topological polar surface area (TPSA) is 86.5 Å². The second kappa shape index (κ2) is 9.53. The van der Waals surface area contributed by atoms with Crippen LogP contribution in [0.3, 0.4) is 0 Å². The van der Waals surface area contributed by atoms with Gasteiger partial charge in [-0.3, -0.25) is 4.79 Å². The predicted molar refractivity (Wildman–Crippen MR) is 89.5 cm³/mol. The Balaban J connectivity index is 0.000000816. The van der Waals surface area contributed by atoms with E-state index in [4.69, 9.17) is 9.90 Å². The van der Waals surface area contributed by atoms with Crippen molar-refractivity contribution in [2.75, 3.05) is 18.5 Å². The smallest absolute Gasteiger partial charge is 0.290 e. The van der Waals surface area contributed by atoms with Crippen molar-refractivity contribution in [3.63, 3.8) is 0 Å². The number of hydrogen-bond donors (Lipinski definition) is 2. The van der Waals surface area contributed by atoms with E-state index in [1.807, 2.05) is 56.1 Å². The molecule has 0 fully saturated rings. The number of hydrogen-bond acceptors (Lipinski definition) is 5. The molecule has 1 heterocycles. The summed E-state index contributed by atoms with van der Waals surface area (Å²) in [5, 5.41) is 25.2. The SMILES string of the molecule is Cc1cnnc(N(C)CCC(O)c2ccccc2)c1C.O=CO. The molecular weight excluding hydrogens is 294 g/mol. The number of aliphatic hydroxyl groups is 1. The van der Waals surface area contributed by atoms with E-state index in [-0.39, 0.29) is 6.47 Å². The van der Waals surface area contributed by atoms with Crippen molar-refractivity contribution in [1.29, 1.82) is 0 Å². The van der Waals surface area contributed by atoms with E-state index in [2.05, 4.69) is 10.2 Å². The lowest BCUT2D eigenvalue weighted by Gasteiger charge is -2.21. The van der Waals surface area contributed by atoms with Crippen LogP contribution in [0.15, 0.2) is 36.5 Å². The number of aryl methyl sites for hydroxylation is 1. The summed E-state index contributed by atoms with van der Waals surface area (Å²) in [6, 6.07) is 9.73. The third kappa shape index (κ3) is 5.67. The summed E-state index contributed by atoms with van der Waals surface area (Å²) in [6.07, 6.45) is 1.98. The van der Waals surface area contributed by atoms with Gasteiger partial charge in [-0.25, -0.2) is 0 Å². The largest absolute Gasteiger partial charge is 0.483 e. The molecule has 1 unspecified atom stereocenters. The number of aromatic nitrogens is 2. The van der Waals surface area contributed by atoms with Gasteiger partial charge in [0.2, 0.25) is 0 Å². The Labute approximate surface area is 136 Å². The van der Waals surface area contributed by atoms with Crippen molar-refractivity contribution < 1.29 is 15.0 Å². The van der Waals surface area contributed by atoms with Gasteiger partial charge in [-0.1, -0.05) is 30.3 Å². The Morgan fingerprint density at radius 2 is 1.87 bits per heavy atom. The molecule has 1 atom stereocenters. The molecule has 0 amide bonds. The molecule has 23 heavy (non-hydrogen) atoms. The average Bonchev–Trinajstić information content (AvgIpc) is 2.56. The van der Waals surface area contributed by atoms with Gasteiger partial charge in [-0.05, 0) is 37.0 Å². The molecule has 1 aromatic carbocycles. The highest BCUT2D eigenvalue weighted by Gasteiger charge is 2.12. The van der Waals surface area contributed by atoms with Gasteiger partial charge in [0.25, 0.3) is 6.47 Å². The van der Waals surface area contributed by atoms with E-state index in [9.17, 15) is 5.11 Å². The molecule has 2 aromatic rings. The van der Waals surface area contributed by atoms with Crippen LogP contribution in [0.1, 0.15) is 29.2 Å². The summed E-state index contributed by atoms with van der Waals surface area (Å²) >= 11 is 0. The van der Waals surface area contributed by atoms with E-state index < -0.39 is 6.10 Å². The third-order valence-electron chi connectivity index (χ3n) is 3.61. The number of carboxylic acid groups (broad SMARTS) is 1. The maximum Gasteiger partial charge on any atom is 0.290 e. The second-order valence-corrected chi connectivity index (χ2v) is 5.22. The summed E-state index contributed by atoms with van der Waals surface area (Å²) in [5.74, 6) is 0.880. The maximum atomic E-state index is 10.2. The fourth-order valence-corrected chi connectivity index (χ4v) is 2.14. The molecule has 1 aromatic heterocycles. The number of benzene rings is 1. The molecule has 0 bridgehead atoms. The van der Waals surface area contributed by atoms with Crippen molar-refractivity contribution in [3.8, 4) is 0 Å². The quantitative estimate of drug-likeness (QED) is 0.823. The Hall–Kier alpha value is -2.47. The summed E-state index contributed by atoms with van der Waals surface area (Å²) in [5.41, 5.74) is 3.22. The molecule has 6 heteroatoms. The summed E-state index contributed by atoms with van der Waals surface area (Å²) in [6.45, 7) is 4.55. The Bertz CT molecular complexity index is 605. The minimum Gasteiger partial charge on any atom is -0.483 e. The number of nitrogens with zero attached hydrogens (tertiary/aromatic N) is 3. The Morgan fingerprint density at radius 1 is 1.26 bits per heavy atom. The summed E-state index contributed by atoms with van der Waals surface area (Å²) in [7, 11) is 1.98. The van der Waals surface area contributed by atoms with E-state index in [0.29, 0.717) is 6.42 Å². The Morgan fingerprint density at radius 3 is 2.48 bits per heavy atom. The summed E-state index contributed by atoms with van der Waals surface area (Å²) < 4.78 is 0. The normalized spacial score (nSPS) is 11.1. The zero-order chi connectivity index (χ0) is 17.2. The molecule has 0 saturated heterocycles. The molecule has 0 aliphatic rings. The van der Waals surface area contributed by atoms with Crippen LogP contribution in [-0.4, -0.2) is 40.5 Å². The van der Waals surface area contributed by atoms with Gasteiger partial charge in [0.05, 0.1) is 12.3 Å². The van der Waals surface area contributed by atoms with E-state index in [1.165, 1.54) is 0 Å². The van der Waals surface area contributed by atoms with Crippen LogP contribution in [0.5, 0.6) is 0 Å². The third-order valence-corrected chi connectivity index (χ3v) is 3.61. The van der Waals surface area contributed by atoms with Crippen LogP contribution in [0.4, 0.5) is 5.82 Å². The van der Waals surface area contributed by atoms with Crippen LogP contribution in [-0.2, 0) is 4.79 Å². The monoisotopic (exact) mass is 317 g/mol. The van der Waals surface area contributed by atoms with Gasteiger partial charge >= 0.3 is 0 Å². The molecular formula is C17H23N3O3. The van der Waals surface area contributed by atoms with E-state index in [1.54, 1.807) is 6.20 Å². The van der Waals surface area contributed by atoms with Crippen LogP contribution >= 0.6 is 0 Å². The van der Waals surface area contributed by atoms with Gasteiger partial charge in [0.15, 0.2) is 5.82 Å². The molecule has 2 rings (SSSR count). The van der Waals surface area contributed by atoms with Gasteiger partial charge in [0.1, 0.15) is 0 Å². The molecule has 6 nitrogen and oxygen atoms in total. The van der Waals surface area contributed by atoms with Gasteiger partial charge in [0, 0.05) is 13.6 Å². The lowest BCUT2D eigenvalue weighted by Crippen LogP contribution is -2.23. The van der Waals surface area contributed by atoms with Crippen molar-refractivity contribution in [2.24, 2.45) is 0 Å². The van der Waals surface area contributed by atoms with Gasteiger partial charge in [-0.15, -0.1) is 5.10 Å². The number of carbonyl (C=O) groups is 1. The first-order valence-corrected chi connectivity index (χ1v) is 7.32. The predicted octanol–water partition coefficient (Wildman–Crippen LogP) is 2.35. The van der Waals surface area contributed by atoms with Crippen molar-refractivity contribution in [3.05, 3.63) is 53.2 Å². The maximum absolute atomic E-state index is 10.2. The number of aliphatic hydroxyl groups excluding tert-OH is 1. The van der Waals surface area contributed by atoms with Gasteiger partial charge < -0.3 is 15.1 Å². The first-order chi connectivity index (χ1) is 11.0. The van der Waals surface area contributed by atoms with Crippen LogP contribution in [0, 0.1) is 13.8 Å². The molecule has 0 radical (unpaired) electrons. The highest BCUT2D eigenvalue weighted by Crippen LogP contribution is 2.20. The van der Waals surface area contributed by atoms with Crippen molar-refractivity contribution in [1.82, 2.24) is 10.2 Å². The first kappa shape index (κ1) is 18.6. The number of anilines is 1. The fraction of sp³-hybridized carbons (Fsp3) is 0.353. The molecule has 2 N–H and O–H groups in total. The molecule has 0 spiro atoms. The van der Waals surface area contributed by atoms with Crippen molar-refractivity contribution in [2.45, 2.75) is 26.4 Å². The lowest BCUT2D eigenvalue weighted by molar-refractivity contribution is -0.122. The first-order valence-electron chi connectivity index (χ1n) is 7.32. The molecule has 124 valence electrons. The van der Waals surface area contributed by atoms with Crippen LogP contribution in [0.25, 0.3) is 0 Å². The van der Waals surface area contributed by atoms with Crippen LogP contribution < -0.4 is 4.90 Å². The molecule has 0 aliphatic heterocycles. The fourth-order valence-electron chi connectivity index (χ4n) is 2.14. The van der Waals surface area contributed by atoms with Crippen LogP contribution in [0.2, 0.25) is 0 Å². The highest BCUT2D eigenvalue weighted by atomic mass is 16.3. The van der Waals surface area contributed by atoms with Gasteiger partial charge in [-0.2, -0.15) is 5.10 Å². The van der Waals surface area contributed by atoms with E-state index >= 15 is 0 Å². The Kier molecular flexibility index (Phi) is 7.70. The van der Waals surface area contributed by atoms with E-state index in [0.717, 1.165) is 29.1 Å². The zero-order valence-corrected chi connectivity index (χ0v) is 13.7. The lowest BCUT2D eigenvalue weighted by atomic mass is 10.1. The zero-order valence-electron chi connectivity index (χ0n) is 13.7. The molecule has 0 aliphatic carbocycles. The standard InChI is InChI=1S/C16H21N3O.CH2O2/c1-12-11-17-18-16(13(12)2)19(3)10-9-15(20)14-7-5-4-6-8-14;2-1-3/h4-8,11,15,20H,9-10H2,1-3H3;1H,(H,2,3). The second-order valence-electron chi connectivity index (χ2n) is 5.22. The average molecular weight is 317 g/mol. The minimum absolute atomic E-state index is 0.250. The minimum atomic E-state index is -0.447.